The lowest BCUT2D eigenvalue weighted by atomic mass is 9.91. The van der Waals surface area contributed by atoms with Gasteiger partial charge in [-0.15, -0.1) is 0 Å². The fraction of sp³-hybridized carbons (Fsp3) is 0.310. The molecule has 6 aromatic rings. The summed E-state index contributed by atoms with van der Waals surface area (Å²) in [5, 5.41) is 22.4. The summed E-state index contributed by atoms with van der Waals surface area (Å²) in [5.41, 5.74) is 8.31. The van der Waals surface area contributed by atoms with E-state index in [4.69, 9.17) is 28.3 Å². The maximum Gasteiger partial charge on any atom is 0.387 e. The number of rotatable bonds is 10. The van der Waals surface area contributed by atoms with Gasteiger partial charge in [0.15, 0.2) is 11.2 Å². The molecule has 2 fully saturated rings. The van der Waals surface area contributed by atoms with E-state index in [2.05, 4.69) is 22.4 Å². The number of hydrogen-bond donors (Lipinski definition) is 1. The number of nitrogens with zero attached hydrogens (tertiary/aromatic N) is 5. The number of oxazole rings is 2. The molecule has 2 saturated heterocycles. The maximum absolute atomic E-state index is 13.4. The Hall–Kier alpha value is -6.15. The second kappa shape index (κ2) is 14.9. The minimum atomic E-state index is -3.09. The zero-order valence-electron chi connectivity index (χ0n) is 30.2. The van der Waals surface area contributed by atoms with Crippen molar-refractivity contribution in [1.82, 2.24) is 20.2 Å². The predicted octanol–water partition coefficient (Wildman–Crippen LogP) is 8.20. The van der Waals surface area contributed by atoms with E-state index in [0.717, 1.165) is 52.8 Å². The van der Waals surface area contributed by atoms with Crippen molar-refractivity contribution in [3.8, 4) is 51.9 Å². The Balaban J connectivity index is 1.10. The maximum atomic E-state index is 13.4. The third-order valence-electron chi connectivity index (χ3n) is 10.5. The first-order valence-electron chi connectivity index (χ1n) is 18.1. The van der Waals surface area contributed by atoms with Gasteiger partial charge < -0.3 is 23.6 Å². The van der Waals surface area contributed by atoms with Gasteiger partial charge in [0.1, 0.15) is 35.5 Å². The van der Waals surface area contributed by atoms with Crippen LogP contribution in [-0.4, -0.2) is 53.1 Å². The summed E-state index contributed by atoms with van der Waals surface area (Å²) < 4.78 is 49.5. The fourth-order valence-corrected chi connectivity index (χ4v) is 7.61. The lowest BCUT2D eigenvalue weighted by Gasteiger charge is -2.14. The van der Waals surface area contributed by atoms with Crippen molar-refractivity contribution >= 4 is 28.2 Å². The van der Waals surface area contributed by atoms with Crippen molar-refractivity contribution in [2.24, 2.45) is 5.92 Å². The summed E-state index contributed by atoms with van der Waals surface area (Å²) in [6.07, 6.45) is 2.35. The van der Waals surface area contributed by atoms with Gasteiger partial charge in [0.05, 0.1) is 17.6 Å². The highest BCUT2D eigenvalue weighted by Crippen LogP contribution is 2.39. The van der Waals surface area contributed by atoms with E-state index in [1.54, 1.807) is 6.07 Å². The molecule has 13 heteroatoms. The summed E-state index contributed by atoms with van der Waals surface area (Å²) in [6.45, 7) is 3.46. The van der Waals surface area contributed by atoms with Gasteiger partial charge in [-0.1, -0.05) is 24.3 Å². The van der Waals surface area contributed by atoms with Crippen molar-refractivity contribution in [2.75, 3.05) is 19.6 Å². The highest BCUT2D eigenvalue weighted by Gasteiger charge is 2.26. The summed E-state index contributed by atoms with van der Waals surface area (Å²) in [5.74, 6) is 0.0883. The molecule has 11 nitrogen and oxygen atoms in total. The first-order valence-corrected chi connectivity index (χ1v) is 18.1. The lowest BCUT2D eigenvalue weighted by Crippen LogP contribution is -2.32. The Morgan fingerprint density at radius 3 is 2.33 bits per heavy atom. The van der Waals surface area contributed by atoms with E-state index in [1.807, 2.05) is 62.4 Å². The second-order valence-corrected chi connectivity index (χ2v) is 14.0. The minimum absolute atomic E-state index is 0.0206. The van der Waals surface area contributed by atoms with Crippen molar-refractivity contribution in [3.63, 3.8) is 0 Å². The normalized spacial score (nSPS) is 17.2. The molecule has 0 bridgehead atoms. The minimum Gasteiger partial charge on any atom is -0.460 e. The largest absolute Gasteiger partial charge is 0.460 e. The molecular formula is C42H36F2N6O5. The molecule has 0 aliphatic carbocycles. The number of hydrogen-bond acceptors (Lipinski definition) is 11. The molecule has 4 aromatic carbocycles. The number of halogens is 2. The van der Waals surface area contributed by atoms with E-state index in [0.29, 0.717) is 59.7 Å². The lowest BCUT2D eigenvalue weighted by molar-refractivity contribution is -0.147. The third-order valence-corrected chi connectivity index (χ3v) is 10.5. The van der Waals surface area contributed by atoms with E-state index in [1.165, 1.54) is 6.07 Å². The van der Waals surface area contributed by atoms with Crippen LogP contribution in [0.2, 0.25) is 0 Å². The summed E-state index contributed by atoms with van der Waals surface area (Å²) in [6, 6.07) is 22.5. The summed E-state index contributed by atoms with van der Waals surface area (Å²) >= 11 is 0. The molecule has 278 valence electrons. The zero-order chi connectivity index (χ0) is 38.2. The Labute approximate surface area is 315 Å². The number of benzene rings is 4. The van der Waals surface area contributed by atoms with Gasteiger partial charge in [0.25, 0.3) is 0 Å². The van der Waals surface area contributed by atoms with E-state index >= 15 is 0 Å². The van der Waals surface area contributed by atoms with Crippen LogP contribution in [0.5, 0.6) is 5.75 Å². The number of aromatic nitrogens is 2. The monoisotopic (exact) mass is 742 g/mol. The number of carbonyl (C=O) groups excluding carboxylic acids is 1. The number of nitriles is 2. The van der Waals surface area contributed by atoms with Crippen molar-refractivity contribution in [2.45, 2.75) is 58.9 Å². The molecule has 2 aromatic heterocycles. The number of nitrogens with one attached hydrogen (secondary N) is 1. The van der Waals surface area contributed by atoms with Crippen molar-refractivity contribution < 1.29 is 31.9 Å². The van der Waals surface area contributed by atoms with Crippen LogP contribution in [0.25, 0.3) is 56.2 Å². The molecule has 1 N–H and O–H groups in total. The van der Waals surface area contributed by atoms with Crippen LogP contribution < -0.4 is 10.1 Å². The van der Waals surface area contributed by atoms with Gasteiger partial charge in [0.2, 0.25) is 11.8 Å². The number of alkyl halides is 2. The van der Waals surface area contributed by atoms with Gasteiger partial charge in [-0.2, -0.15) is 19.3 Å². The van der Waals surface area contributed by atoms with E-state index in [-0.39, 0.29) is 35.3 Å². The molecule has 55 heavy (non-hydrogen) atoms. The first-order chi connectivity index (χ1) is 26.7. The van der Waals surface area contributed by atoms with E-state index in [9.17, 15) is 24.1 Å². The number of ether oxygens (including phenoxy) is 2. The Morgan fingerprint density at radius 2 is 1.67 bits per heavy atom. The van der Waals surface area contributed by atoms with Crippen LogP contribution >= 0.6 is 0 Å². The topological polar surface area (TPSA) is 150 Å². The van der Waals surface area contributed by atoms with Crippen LogP contribution in [0.1, 0.15) is 47.1 Å². The third kappa shape index (κ3) is 7.12. The van der Waals surface area contributed by atoms with Gasteiger partial charge in [-0.3, -0.25) is 9.69 Å². The molecule has 2 atom stereocenters. The fourth-order valence-electron chi connectivity index (χ4n) is 7.61. The molecule has 4 heterocycles. The highest BCUT2D eigenvalue weighted by molar-refractivity contribution is 5.86. The standard InChI is InChI=1S/C42H36F2N6O5/c1-23-29(6-3-8-31(23)39-48-34-16-28(22-52-41(51)33-10-5-12-47-33)36(54-42(43)44)17-37(34)53-39)30-7-4-9-32(24(30)2)40-49-35-15-26(14-27(19-46)38(35)55-40)21-50-13-11-25(18-45)20-50/h3-4,6-9,14-17,25,33,42,47H,5,10-13,20-22H2,1-2H3/t25?,33-/m1/s1. The van der Waals surface area contributed by atoms with Crippen LogP contribution in [0.4, 0.5) is 8.78 Å². The molecule has 0 amide bonds. The Kier molecular flexibility index (Phi) is 9.74. The molecule has 0 saturated carbocycles. The quantitative estimate of drug-likeness (QED) is 0.135. The highest BCUT2D eigenvalue weighted by atomic mass is 19.3. The smallest absolute Gasteiger partial charge is 0.387 e. The van der Waals surface area contributed by atoms with Crippen LogP contribution in [-0.2, 0) is 22.7 Å². The number of likely N-dealkylation sites (tertiary alicyclic amines) is 1. The first kappa shape index (κ1) is 35.9. The number of carbonyl (C=O) groups is 1. The van der Waals surface area contributed by atoms with E-state index < -0.39 is 18.6 Å². The second-order valence-electron chi connectivity index (χ2n) is 14.0. The molecular weight excluding hydrogens is 706 g/mol. The van der Waals surface area contributed by atoms with Gasteiger partial charge in [-0.05, 0) is 104 Å². The van der Waals surface area contributed by atoms with Crippen molar-refractivity contribution in [3.05, 3.63) is 88.5 Å². The predicted molar refractivity (Wildman–Crippen MR) is 199 cm³/mol. The van der Waals surface area contributed by atoms with Crippen molar-refractivity contribution in [1.29, 1.82) is 10.5 Å². The Bertz CT molecular complexity index is 2530. The molecule has 8 rings (SSSR count). The molecule has 1 unspecified atom stereocenters. The summed E-state index contributed by atoms with van der Waals surface area (Å²) in [4.78, 5) is 24.3. The van der Waals surface area contributed by atoms with Gasteiger partial charge in [-0.25, -0.2) is 9.97 Å². The van der Waals surface area contributed by atoms with Gasteiger partial charge in [0, 0.05) is 35.8 Å². The molecule has 0 radical (unpaired) electrons. The number of fused-ring (bicyclic) bond motifs is 2. The molecule has 2 aliphatic heterocycles. The van der Waals surface area contributed by atoms with Gasteiger partial charge >= 0.3 is 12.6 Å². The zero-order valence-corrected chi connectivity index (χ0v) is 30.2. The molecule has 0 spiro atoms. The number of esters is 1. The Morgan fingerprint density at radius 1 is 0.964 bits per heavy atom. The van der Waals surface area contributed by atoms with Crippen LogP contribution in [0.15, 0.2) is 69.5 Å². The van der Waals surface area contributed by atoms with Crippen LogP contribution in [0.3, 0.4) is 0 Å². The summed E-state index contributed by atoms with van der Waals surface area (Å²) in [7, 11) is 0. The van der Waals surface area contributed by atoms with Crippen LogP contribution in [0, 0.1) is 42.4 Å². The average molecular weight is 743 g/mol. The molecule has 2 aliphatic rings. The SMILES string of the molecule is Cc1c(-c2nc3cc(COC(=O)[C@H]4CCCN4)c(OC(F)F)cc3o2)cccc1-c1cccc(-c2nc3cc(CN4CCC(C#N)C4)cc(C#N)c3o2)c1C. The average Bonchev–Trinajstić information content (AvgIpc) is 4.01.